The Hall–Kier alpha value is -3.22. The van der Waals surface area contributed by atoms with Crippen molar-refractivity contribution in [3.05, 3.63) is 59.7 Å². The molecule has 0 saturated carbocycles. The smallest absolute Gasteiger partial charge is 0.317 e. The highest BCUT2D eigenvalue weighted by Gasteiger charge is 2.27. The highest BCUT2D eigenvalue weighted by atomic mass is 16.6. The molecule has 0 saturated heterocycles. The number of esters is 1. The van der Waals surface area contributed by atoms with Crippen LogP contribution in [0, 0.1) is 5.41 Å². The summed E-state index contributed by atoms with van der Waals surface area (Å²) in [5, 5.41) is 15.1. The Balaban J connectivity index is 1.97. The molecule has 30 heavy (non-hydrogen) atoms. The van der Waals surface area contributed by atoms with Gasteiger partial charge in [-0.1, -0.05) is 36.4 Å². The van der Waals surface area contributed by atoms with Crippen LogP contribution < -0.4 is 15.4 Å². The second kappa shape index (κ2) is 10.5. The number of urea groups is 1. The SMILES string of the molecule is COc1cc(CNC(=O)NC(CCc2ccccc2)OC(=O)C(C)(C)C)ccc1O. The van der Waals surface area contributed by atoms with Gasteiger partial charge in [-0.2, -0.15) is 0 Å². The first-order valence-electron chi connectivity index (χ1n) is 9.84. The van der Waals surface area contributed by atoms with E-state index in [1.54, 1.807) is 32.9 Å². The van der Waals surface area contributed by atoms with E-state index in [2.05, 4.69) is 10.6 Å². The minimum atomic E-state index is -0.758. The summed E-state index contributed by atoms with van der Waals surface area (Å²) in [6, 6.07) is 14.2. The lowest BCUT2D eigenvalue weighted by Gasteiger charge is -2.24. The molecule has 2 aromatic rings. The van der Waals surface area contributed by atoms with Gasteiger partial charge < -0.3 is 25.2 Å². The molecule has 0 fully saturated rings. The van der Waals surface area contributed by atoms with Crippen molar-refractivity contribution in [2.75, 3.05) is 7.11 Å². The van der Waals surface area contributed by atoms with Gasteiger partial charge in [-0.25, -0.2) is 4.79 Å². The highest BCUT2D eigenvalue weighted by Crippen LogP contribution is 2.26. The summed E-state index contributed by atoms with van der Waals surface area (Å²) in [6.07, 6.45) is 0.344. The van der Waals surface area contributed by atoms with Crippen LogP contribution in [0.4, 0.5) is 4.79 Å². The maximum atomic E-state index is 12.4. The van der Waals surface area contributed by atoms with E-state index in [9.17, 15) is 14.7 Å². The predicted molar refractivity (Wildman–Crippen MR) is 114 cm³/mol. The molecule has 1 unspecified atom stereocenters. The Labute approximate surface area is 177 Å². The van der Waals surface area contributed by atoms with Crippen LogP contribution in [0.15, 0.2) is 48.5 Å². The van der Waals surface area contributed by atoms with Crippen LogP contribution in [-0.2, 0) is 22.5 Å². The Bertz CT molecular complexity index is 846. The number of nitrogens with one attached hydrogen (secondary N) is 2. The number of phenols is 1. The number of hydrogen-bond donors (Lipinski definition) is 3. The monoisotopic (exact) mass is 414 g/mol. The van der Waals surface area contributed by atoms with Gasteiger partial charge in [0, 0.05) is 13.0 Å². The number of carbonyl (C=O) groups excluding carboxylic acids is 2. The number of aromatic hydroxyl groups is 1. The van der Waals surface area contributed by atoms with Gasteiger partial charge in [0.1, 0.15) is 0 Å². The van der Waals surface area contributed by atoms with Gasteiger partial charge in [0.05, 0.1) is 12.5 Å². The molecule has 0 aliphatic carbocycles. The van der Waals surface area contributed by atoms with Crippen molar-refractivity contribution in [3.63, 3.8) is 0 Å². The summed E-state index contributed by atoms with van der Waals surface area (Å²) in [4.78, 5) is 24.7. The Morgan fingerprint density at radius 3 is 2.40 bits per heavy atom. The molecule has 0 aliphatic rings. The van der Waals surface area contributed by atoms with Crippen molar-refractivity contribution in [1.82, 2.24) is 10.6 Å². The first kappa shape index (κ1) is 23.1. The maximum Gasteiger partial charge on any atom is 0.317 e. The molecule has 2 amide bonds. The minimum absolute atomic E-state index is 0.0285. The Morgan fingerprint density at radius 2 is 1.77 bits per heavy atom. The molecule has 0 bridgehead atoms. The van der Waals surface area contributed by atoms with E-state index < -0.39 is 17.7 Å². The van der Waals surface area contributed by atoms with E-state index in [0.29, 0.717) is 18.6 Å². The third kappa shape index (κ3) is 7.31. The number of methoxy groups -OCH3 is 1. The van der Waals surface area contributed by atoms with Crippen LogP contribution in [-0.4, -0.2) is 30.4 Å². The molecule has 2 rings (SSSR count). The van der Waals surface area contributed by atoms with E-state index in [0.717, 1.165) is 11.1 Å². The van der Waals surface area contributed by atoms with Crippen molar-refractivity contribution in [1.29, 1.82) is 0 Å². The fraction of sp³-hybridized carbons (Fsp3) is 0.391. The first-order valence-corrected chi connectivity index (χ1v) is 9.84. The van der Waals surface area contributed by atoms with Crippen LogP contribution in [0.25, 0.3) is 0 Å². The van der Waals surface area contributed by atoms with Crippen LogP contribution in [0.3, 0.4) is 0 Å². The number of benzene rings is 2. The lowest BCUT2D eigenvalue weighted by Crippen LogP contribution is -2.45. The van der Waals surface area contributed by atoms with Crippen LogP contribution >= 0.6 is 0 Å². The fourth-order valence-electron chi connectivity index (χ4n) is 2.62. The van der Waals surface area contributed by atoms with Crippen LogP contribution in [0.5, 0.6) is 11.5 Å². The average molecular weight is 415 g/mol. The van der Waals surface area contributed by atoms with E-state index >= 15 is 0 Å². The van der Waals surface area contributed by atoms with Crippen molar-refractivity contribution in [2.24, 2.45) is 5.41 Å². The lowest BCUT2D eigenvalue weighted by molar-refractivity contribution is -0.159. The summed E-state index contributed by atoms with van der Waals surface area (Å²) < 4.78 is 10.6. The molecular formula is C23H30N2O5. The third-order valence-corrected chi connectivity index (χ3v) is 4.39. The van der Waals surface area contributed by atoms with Crippen LogP contribution in [0.2, 0.25) is 0 Å². The summed E-state index contributed by atoms with van der Waals surface area (Å²) in [7, 11) is 1.46. The minimum Gasteiger partial charge on any atom is -0.504 e. The molecule has 3 N–H and O–H groups in total. The van der Waals surface area contributed by atoms with E-state index in [1.165, 1.54) is 13.2 Å². The van der Waals surface area contributed by atoms with Gasteiger partial charge in [-0.15, -0.1) is 0 Å². The molecule has 0 aliphatic heterocycles. The van der Waals surface area contributed by atoms with Crippen molar-refractivity contribution in [3.8, 4) is 11.5 Å². The van der Waals surface area contributed by atoms with Crippen molar-refractivity contribution in [2.45, 2.75) is 46.4 Å². The second-order valence-electron chi connectivity index (χ2n) is 8.00. The van der Waals surface area contributed by atoms with Gasteiger partial charge >= 0.3 is 12.0 Å². The lowest BCUT2D eigenvalue weighted by atomic mass is 9.97. The average Bonchev–Trinajstić information content (AvgIpc) is 2.71. The van der Waals surface area contributed by atoms with Gasteiger partial charge in [0.2, 0.25) is 0 Å². The summed E-state index contributed by atoms with van der Waals surface area (Å²) in [5.74, 6) is -0.0283. The molecule has 0 radical (unpaired) electrons. The summed E-state index contributed by atoms with van der Waals surface area (Å²) >= 11 is 0. The number of rotatable bonds is 8. The topological polar surface area (TPSA) is 96.9 Å². The number of hydrogen-bond acceptors (Lipinski definition) is 5. The van der Waals surface area contributed by atoms with Crippen molar-refractivity contribution < 1.29 is 24.2 Å². The van der Waals surface area contributed by atoms with E-state index in [-0.39, 0.29) is 18.3 Å². The Kier molecular flexibility index (Phi) is 8.09. The quantitative estimate of drug-likeness (QED) is 0.452. The zero-order chi connectivity index (χ0) is 22.1. The standard InChI is InChI=1S/C23H30N2O5/c1-23(2,3)21(27)30-20(13-11-16-8-6-5-7-9-16)25-22(28)24-15-17-10-12-18(26)19(14-17)29-4/h5-10,12,14,20,26H,11,13,15H2,1-4H3,(H2,24,25,28). The van der Waals surface area contributed by atoms with Crippen LogP contribution in [0.1, 0.15) is 38.3 Å². The van der Waals surface area contributed by atoms with E-state index in [1.807, 2.05) is 30.3 Å². The molecule has 162 valence electrons. The number of carbonyl (C=O) groups is 2. The predicted octanol–water partition coefficient (Wildman–Crippen LogP) is 3.75. The van der Waals surface area contributed by atoms with Gasteiger partial charge in [0.15, 0.2) is 17.7 Å². The summed E-state index contributed by atoms with van der Waals surface area (Å²) in [5.41, 5.74) is 1.17. The molecule has 7 heteroatoms. The molecule has 7 nitrogen and oxygen atoms in total. The molecule has 0 heterocycles. The van der Waals surface area contributed by atoms with Gasteiger partial charge in [-0.3, -0.25) is 4.79 Å². The van der Waals surface area contributed by atoms with Crippen molar-refractivity contribution >= 4 is 12.0 Å². The number of ether oxygens (including phenoxy) is 2. The molecule has 0 spiro atoms. The second-order valence-corrected chi connectivity index (χ2v) is 8.00. The Morgan fingerprint density at radius 1 is 1.07 bits per heavy atom. The first-order chi connectivity index (χ1) is 14.2. The van der Waals surface area contributed by atoms with Gasteiger partial charge in [0.25, 0.3) is 0 Å². The molecule has 1 atom stereocenters. The maximum absolute atomic E-state index is 12.4. The number of aryl methyl sites for hydroxylation is 1. The zero-order valence-electron chi connectivity index (χ0n) is 17.9. The number of phenolic OH excluding ortho intramolecular Hbond substituents is 1. The summed E-state index contributed by atoms with van der Waals surface area (Å²) in [6.45, 7) is 5.52. The number of amides is 2. The highest BCUT2D eigenvalue weighted by molar-refractivity contribution is 5.77. The molecule has 2 aromatic carbocycles. The zero-order valence-corrected chi connectivity index (χ0v) is 17.9. The fourth-order valence-corrected chi connectivity index (χ4v) is 2.62. The van der Waals surface area contributed by atoms with Gasteiger partial charge in [-0.05, 0) is 50.5 Å². The molecule has 0 aromatic heterocycles. The largest absolute Gasteiger partial charge is 0.504 e. The third-order valence-electron chi connectivity index (χ3n) is 4.39. The normalized spacial score (nSPS) is 12.0. The van der Waals surface area contributed by atoms with E-state index in [4.69, 9.17) is 9.47 Å². The molecular weight excluding hydrogens is 384 g/mol.